The Hall–Kier alpha value is -2.44. The van der Waals surface area contributed by atoms with Gasteiger partial charge in [0.15, 0.2) is 11.5 Å². The number of nitrogens with one attached hydrogen (secondary N) is 1. The first-order chi connectivity index (χ1) is 13.3. The van der Waals surface area contributed by atoms with Crippen LogP contribution in [0.5, 0.6) is 0 Å². The van der Waals surface area contributed by atoms with E-state index in [0.29, 0.717) is 18.0 Å². The molecule has 1 aromatic carbocycles. The van der Waals surface area contributed by atoms with E-state index < -0.39 is 0 Å². The van der Waals surface area contributed by atoms with Crippen molar-refractivity contribution in [2.75, 3.05) is 20.6 Å². The van der Waals surface area contributed by atoms with Gasteiger partial charge in [0.2, 0.25) is 0 Å². The summed E-state index contributed by atoms with van der Waals surface area (Å²) >= 11 is 1.55. The number of carbonyl (C=O) groups is 1. The molecule has 0 spiro atoms. The molecule has 1 atom stereocenters. The average Bonchev–Trinajstić information content (AvgIpc) is 3.32. The molecule has 0 saturated heterocycles. The van der Waals surface area contributed by atoms with Gasteiger partial charge in [0, 0.05) is 12.6 Å². The summed E-state index contributed by atoms with van der Waals surface area (Å²) < 4.78 is 5.30. The standard InChI is InChI=1S/C22H27N3O2S/c1-22(2,3)16-10-8-15(9-11-16)18(25(4)5)14-23-21(26)17-13-19(27-24-17)20-7-6-12-28-20/h6-13,18H,14H2,1-5H3,(H,23,26). The molecular weight excluding hydrogens is 370 g/mol. The Morgan fingerprint density at radius 2 is 1.93 bits per heavy atom. The van der Waals surface area contributed by atoms with Crippen molar-refractivity contribution < 1.29 is 9.32 Å². The highest BCUT2D eigenvalue weighted by Crippen LogP contribution is 2.26. The third-order valence-electron chi connectivity index (χ3n) is 4.75. The molecule has 5 nitrogen and oxygen atoms in total. The molecule has 0 bridgehead atoms. The van der Waals surface area contributed by atoms with Crippen LogP contribution in [0.4, 0.5) is 0 Å². The molecule has 3 aromatic rings. The Morgan fingerprint density at radius 1 is 1.21 bits per heavy atom. The van der Waals surface area contributed by atoms with E-state index in [1.807, 2.05) is 31.6 Å². The fraction of sp³-hybridized carbons (Fsp3) is 0.364. The van der Waals surface area contributed by atoms with E-state index in [9.17, 15) is 4.79 Å². The van der Waals surface area contributed by atoms with Crippen LogP contribution in [0.2, 0.25) is 0 Å². The summed E-state index contributed by atoms with van der Waals surface area (Å²) in [6.45, 7) is 7.10. The Balaban J connectivity index is 1.67. The van der Waals surface area contributed by atoms with E-state index in [0.717, 1.165) is 10.4 Å². The van der Waals surface area contributed by atoms with Crippen molar-refractivity contribution in [2.24, 2.45) is 0 Å². The molecule has 1 unspecified atom stereocenters. The average molecular weight is 398 g/mol. The number of rotatable bonds is 6. The van der Waals surface area contributed by atoms with Gasteiger partial charge in [0.25, 0.3) is 5.91 Å². The number of aromatic nitrogens is 1. The van der Waals surface area contributed by atoms with Gasteiger partial charge in [-0.2, -0.15) is 0 Å². The van der Waals surface area contributed by atoms with Gasteiger partial charge in [-0.05, 0) is 42.1 Å². The van der Waals surface area contributed by atoms with Crippen molar-refractivity contribution in [2.45, 2.75) is 32.2 Å². The van der Waals surface area contributed by atoms with Crippen molar-refractivity contribution in [3.05, 3.63) is 64.7 Å². The fourth-order valence-electron chi connectivity index (χ4n) is 3.00. The van der Waals surface area contributed by atoms with Crippen molar-refractivity contribution in [3.63, 3.8) is 0 Å². The van der Waals surface area contributed by atoms with E-state index in [4.69, 9.17) is 4.52 Å². The molecule has 2 aromatic heterocycles. The Kier molecular flexibility index (Phi) is 6.01. The summed E-state index contributed by atoms with van der Waals surface area (Å²) in [7, 11) is 4.03. The molecule has 3 rings (SSSR count). The van der Waals surface area contributed by atoms with Crippen LogP contribution in [-0.4, -0.2) is 36.6 Å². The first kappa shape index (κ1) is 20.3. The van der Waals surface area contributed by atoms with E-state index in [2.05, 4.69) is 60.4 Å². The van der Waals surface area contributed by atoms with Gasteiger partial charge in [-0.25, -0.2) is 0 Å². The van der Waals surface area contributed by atoms with Crippen molar-refractivity contribution in [3.8, 4) is 10.6 Å². The van der Waals surface area contributed by atoms with Gasteiger partial charge in [0.1, 0.15) is 0 Å². The zero-order valence-electron chi connectivity index (χ0n) is 17.0. The molecule has 2 heterocycles. The predicted octanol–water partition coefficient (Wildman–Crippen LogP) is 4.73. The van der Waals surface area contributed by atoms with E-state index in [1.165, 1.54) is 5.56 Å². The molecule has 28 heavy (non-hydrogen) atoms. The highest BCUT2D eigenvalue weighted by atomic mass is 32.1. The van der Waals surface area contributed by atoms with Crippen LogP contribution in [-0.2, 0) is 5.41 Å². The summed E-state index contributed by atoms with van der Waals surface area (Å²) in [4.78, 5) is 15.6. The molecule has 0 saturated carbocycles. The van der Waals surface area contributed by atoms with Crippen molar-refractivity contribution in [1.82, 2.24) is 15.4 Å². The minimum atomic E-state index is -0.232. The number of hydrogen-bond donors (Lipinski definition) is 1. The number of hydrogen-bond acceptors (Lipinski definition) is 5. The molecule has 1 amide bonds. The maximum absolute atomic E-state index is 12.5. The van der Waals surface area contributed by atoms with Crippen LogP contribution in [0, 0.1) is 0 Å². The third-order valence-corrected chi connectivity index (χ3v) is 5.63. The number of likely N-dealkylation sites (N-methyl/N-ethyl adjacent to an activating group) is 1. The van der Waals surface area contributed by atoms with Gasteiger partial charge in [-0.3, -0.25) is 4.79 Å². The van der Waals surface area contributed by atoms with Crippen molar-refractivity contribution in [1.29, 1.82) is 0 Å². The summed E-state index contributed by atoms with van der Waals surface area (Å²) in [6.07, 6.45) is 0. The summed E-state index contributed by atoms with van der Waals surface area (Å²) in [5, 5.41) is 8.86. The highest BCUT2D eigenvalue weighted by molar-refractivity contribution is 7.13. The van der Waals surface area contributed by atoms with E-state index >= 15 is 0 Å². The van der Waals surface area contributed by atoms with Crippen LogP contribution < -0.4 is 5.32 Å². The third kappa shape index (κ3) is 4.69. The fourth-order valence-corrected chi connectivity index (χ4v) is 3.67. The smallest absolute Gasteiger partial charge is 0.273 e. The number of nitrogens with zero attached hydrogens (tertiary/aromatic N) is 2. The summed E-state index contributed by atoms with van der Waals surface area (Å²) in [6, 6.07) is 14.2. The molecule has 0 aliphatic carbocycles. The molecule has 148 valence electrons. The Bertz CT molecular complexity index is 906. The second-order valence-corrected chi connectivity index (χ2v) is 9.06. The van der Waals surface area contributed by atoms with E-state index in [-0.39, 0.29) is 17.4 Å². The normalized spacial score (nSPS) is 12.9. The molecule has 1 N–H and O–H groups in total. The van der Waals surface area contributed by atoms with Gasteiger partial charge < -0.3 is 14.7 Å². The van der Waals surface area contributed by atoms with Crippen LogP contribution in [0.1, 0.15) is 48.4 Å². The Morgan fingerprint density at radius 3 is 2.50 bits per heavy atom. The summed E-state index contributed by atoms with van der Waals surface area (Å²) in [5.74, 6) is 0.381. The first-order valence-corrected chi connectivity index (χ1v) is 10.2. The van der Waals surface area contributed by atoms with Gasteiger partial charge in [0.05, 0.1) is 10.9 Å². The van der Waals surface area contributed by atoms with Gasteiger partial charge in [-0.15, -0.1) is 11.3 Å². The predicted molar refractivity (Wildman–Crippen MR) is 114 cm³/mol. The molecule has 6 heteroatoms. The molecular formula is C22H27N3O2S. The lowest BCUT2D eigenvalue weighted by molar-refractivity contribution is 0.0933. The zero-order chi connectivity index (χ0) is 20.3. The van der Waals surface area contributed by atoms with Crippen LogP contribution in [0.25, 0.3) is 10.6 Å². The van der Waals surface area contributed by atoms with Crippen molar-refractivity contribution >= 4 is 17.2 Å². The SMILES string of the molecule is CN(C)C(CNC(=O)c1cc(-c2cccs2)on1)c1ccc(C(C)(C)C)cc1. The monoisotopic (exact) mass is 397 g/mol. The van der Waals surface area contributed by atoms with Crippen LogP contribution in [0.3, 0.4) is 0 Å². The minimum absolute atomic E-state index is 0.0710. The lowest BCUT2D eigenvalue weighted by Gasteiger charge is -2.26. The topological polar surface area (TPSA) is 58.4 Å². The number of benzene rings is 1. The second-order valence-electron chi connectivity index (χ2n) is 8.12. The van der Waals surface area contributed by atoms with Gasteiger partial charge >= 0.3 is 0 Å². The highest BCUT2D eigenvalue weighted by Gasteiger charge is 2.20. The molecule has 0 aliphatic heterocycles. The van der Waals surface area contributed by atoms with Crippen LogP contribution in [0.15, 0.2) is 52.4 Å². The number of carbonyl (C=O) groups excluding carboxylic acids is 1. The maximum atomic E-state index is 12.5. The van der Waals surface area contributed by atoms with Crippen LogP contribution >= 0.6 is 11.3 Å². The Labute approximate surface area is 170 Å². The lowest BCUT2D eigenvalue weighted by atomic mass is 9.86. The zero-order valence-corrected chi connectivity index (χ0v) is 17.8. The lowest BCUT2D eigenvalue weighted by Crippen LogP contribution is -2.34. The largest absolute Gasteiger partial charge is 0.355 e. The van der Waals surface area contributed by atoms with E-state index in [1.54, 1.807) is 17.4 Å². The second kappa shape index (κ2) is 8.29. The molecule has 0 aliphatic rings. The quantitative estimate of drug-likeness (QED) is 0.653. The number of amides is 1. The number of thiophene rings is 1. The van der Waals surface area contributed by atoms with Gasteiger partial charge in [-0.1, -0.05) is 56.3 Å². The summed E-state index contributed by atoms with van der Waals surface area (Å²) in [5.41, 5.74) is 2.87. The minimum Gasteiger partial charge on any atom is -0.355 e. The first-order valence-electron chi connectivity index (χ1n) is 9.31. The molecule has 0 radical (unpaired) electrons. The molecule has 0 fully saturated rings. The maximum Gasteiger partial charge on any atom is 0.273 e.